The minimum absolute atomic E-state index is 0.192. The molecule has 2 aromatic carbocycles. The van der Waals surface area contributed by atoms with Crippen LogP contribution in [0.2, 0.25) is 0 Å². The molecule has 41 heavy (non-hydrogen) atoms. The molecule has 0 aliphatic heterocycles. The number of methoxy groups -OCH3 is 1. The van der Waals surface area contributed by atoms with Gasteiger partial charge in [-0.25, -0.2) is 14.4 Å². The summed E-state index contributed by atoms with van der Waals surface area (Å²) in [5, 5.41) is 24.1. The Balaban J connectivity index is 1.47. The normalized spacial score (nSPS) is 14.9. The molecule has 1 aromatic heterocycles. The van der Waals surface area contributed by atoms with Gasteiger partial charge in [0.25, 0.3) is 5.91 Å². The number of hydrogen-bond donors (Lipinski definition) is 4. The smallest absolute Gasteiger partial charge is 0.341 e. The molecule has 1 aliphatic rings. The zero-order valence-electron chi connectivity index (χ0n) is 22.5. The number of hydrogen-bond acceptors (Lipinski definition) is 8. The Hall–Kier alpha value is -4.16. The highest BCUT2D eigenvalue weighted by Crippen LogP contribution is 2.40. The largest absolute Gasteiger partial charge is 0.478 e. The van der Waals surface area contributed by atoms with Gasteiger partial charge >= 0.3 is 17.9 Å². The van der Waals surface area contributed by atoms with Gasteiger partial charge in [0.1, 0.15) is 5.00 Å². The van der Waals surface area contributed by atoms with Gasteiger partial charge in [0, 0.05) is 15.5 Å². The Bertz CT molecular complexity index is 1550. The standard InChI is InChI=1S/C29H28N2O8S2/c1-14-7-9-20-22(11-14)41-26(23(20)29(38)39-3)31-24(32)15(2)40-18-6-4-5-17(13-18)30-25(33)19-10-8-16(27(34)35)12-21(19)28(36)37/h4-6,8,10,12-15H,7,9,11H2,1-3H3,(H,30,33)(H,31,32)(H,34,35)(H,36,37). The van der Waals surface area contributed by atoms with E-state index in [0.717, 1.165) is 47.9 Å². The number of nitrogens with one attached hydrogen (secondary N) is 2. The highest BCUT2D eigenvalue weighted by atomic mass is 32.2. The van der Waals surface area contributed by atoms with Crippen LogP contribution in [0.25, 0.3) is 0 Å². The van der Waals surface area contributed by atoms with Crippen molar-refractivity contribution in [1.82, 2.24) is 0 Å². The number of benzene rings is 2. The number of carboxylic acid groups (broad SMARTS) is 2. The van der Waals surface area contributed by atoms with Crippen LogP contribution in [-0.4, -0.2) is 52.3 Å². The number of esters is 1. The molecule has 1 heterocycles. The van der Waals surface area contributed by atoms with Crippen LogP contribution in [0.4, 0.5) is 10.7 Å². The first kappa shape index (κ1) is 29.8. The first-order chi connectivity index (χ1) is 19.5. The summed E-state index contributed by atoms with van der Waals surface area (Å²) >= 11 is 2.65. The van der Waals surface area contributed by atoms with E-state index in [1.807, 2.05) is 0 Å². The maximum absolute atomic E-state index is 13.1. The summed E-state index contributed by atoms with van der Waals surface area (Å²) in [5.74, 6) is -3.74. The average Bonchev–Trinajstić information content (AvgIpc) is 3.28. The fourth-order valence-corrected chi connectivity index (χ4v) is 6.85. The molecule has 0 spiro atoms. The predicted octanol–water partition coefficient (Wildman–Crippen LogP) is 5.43. The number of thioether (sulfide) groups is 1. The fraction of sp³-hybridized carbons (Fsp3) is 0.276. The van der Waals surface area contributed by atoms with Crippen molar-refractivity contribution in [2.45, 2.75) is 43.3 Å². The first-order valence-electron chi connectivity index (χ1n) is 12.7. The maximum Gasteiger partial charge on any atom is 0.341 e. The number of carbonyl (C=O) groups excluding carboxylic acids is 3. The van der Waals surface area contributed by atoms with Crippen LogP contribution in [0, 0.1) is 5.92 Å². The van der Waals surface area contributed by atoms with E-state index in [0.29, 0.717) is 27.1 Å². The summed E-state index contributed by atoms with van der Waals surface area (Å²) in [5.41, 5.74) is 0.853. The molecule has 0 fully saturated rings. The van der Waals surface area contributed by atoms with Crippen LogP contribution in [0.1, 0.15) is 72.1 Å². The van der Waals surface area contributed by atoms with E-state index < -0.39 is 34.6 Å². The van der Waals surface area contributed by atoms with Crippen molar-refractivity contribution in [1.29, 1.82) is 0 Å². The molecule has 4 rings (SSSR count). The van der Waals surface area contributed by atoms with Gasteiger partial charge in [0.2, 0.25) is 5.91 Å². The maximum atomic E-state index is 13.1. The molecule has 10 nitrogen and oxygen atoms in total. The monoisotopic (exact) mass is 596 g/mol. The number of carbonyl (C=O) groups is 5. The molecule has 0 radical (unpaired) electrons. The number of aromatic carboxylic acids is 2. The topological polar surface area (TPSA) is 159 Å². The lowest BCUT2D eigenvalue weighted by Crippen LogP contribution is -2.23. The van der Waals surface area contributed by atoms with Gasteiger partial charge in [-0.15, -0.1) is 23.1 Å². The Morgan fingerprint density at radius 1 is 1.02 bits per heavy atom. The van der Waals surface area contributed by atoms with E-state index in [2.05, 4.69) is 17.6 Å². The number of anilines is 2. The number of amides is 2. The third-order valence-electron chi connectivity index (χ3n) is 6.65. The zero-order chi connectivity index (χ0) is 29.8. The van der Waals surface area contributed by atoms with Crippen LogP contribution in [0.15, 0.2) is 47.4 Å². The molecular formula is C29H28N2O8S2. The Kier molecular flexibility index (Phi) is 9.14. The van der Waals surface area contributed by atoms with Crippen LogP contribution < -0.4 is 10.6 Å². The molecule has 2 amide bonds. The average molecular weight is 597 g/mol. The summed E-state index contributed by atoms with van der Waals surface area (Å²) < 4.78 is 5.00. The van der Waals surface area contributed by atoms with Crippen LogP contribution in [-0.2, 0) is 22.4 Å². The molecule has 2 atom stereocenters. The lowest BCUT2D eigenvalue weighted by molar-refractivity contribution is -0.115. The van der Waals surface area contributed by atoms with Gasteiger partial charge < -0.3 is 25.6 Å². The molecule has 2 unspecified atom stereocenters. The van der Waals surface area contributed by atoms with Crippen LogP contribution >= 0.6 is 23.1 Å². The lowest BCUT2D eigenvalue weighted by Gasteiger charge is -2.18. The molecular weight excluding hydrogens is 568 g/mol. The third kappa shape index (κ3) is 6.77. The fourth-order valence-electron chi connectivity index (χ4n) is 4.53. The zero-order valence-corrected chi connectivity index (χ0v) is 24.1. The number of carboxylic acids is 2. The van der Waals surface area contributed by atoms with Crippen LogP contribution in [0.5, 0.6) is 0 Å². The van der Waals surface area contributed by atoms with Gasteiger partial charge in [0.15, 0.2) is 0 Å². The molecule has 3 aromatic rings. The van der Waals surface area contributed by atoms with E-state index in [9.17, 15) is 29.1 Å². The summed E-state index contributed by atoms with van der Waals surface area (Å²) in [6.07, 6.45) is 2.57. The van der Waals surface area contributed by atoms with Crippen molar-refractivity contribution >= 4 is 63.5 Å². The highest BCUT2D eigenvalue weighted by molar-refractivity contribution is 8.00. The predicted molar refractivity (Wildman–Crippen MR) is 156 cm³/mol. The van der Waals surface area contributed by atoms with E-state index in [-0.39, 0.29) is 17.0 Å². The summed E-state index contributed by atoms with van der Waals surface area (Å²) in [7, 11) is 1.32. The third-order valence-corrected chi connectivity index (χ3v) is 8.92. The SMILES string of the molecule is COC(=O)c1c(NC(=O)C(C)Sc2cccc(NC(=O)c3ccc(C(=O)O)cc3C(=O)O)c2)sc2c1CCC(C)C2. The molecule has 0 saturated carbocycles. The Morgan fingerprint density at radius 2 is 1.78 bits per heavy atom. The van der Waals surface area contributed by atoms with Crippen molar-refractivity contribution in [3.8, 4) is 0 Å². The number of ether oxygens (including phenoxy) is 1. The second-order valence-electron chi connectivity index (χ2n) is 9.65. The van der Waals surface area contributed by atoms with Crippen molar-refractivity contribution in [3.63, 3.8) is 0 Å². The number of thiophene rings is 1. The van der Waals surface area contributed by atoms with Crippen LogP contribution in [0.3, 0.4) is 0 Å². The lowest BCUT2D eigenvalue weighted by atomic mass is 9.88. The van der Waals surface area contributed by atoms with Gasteiger partial charge in [-0.05, 0) is 74.1 Å². The molecule has 0 bridgehead atoms. The second kappa shape index (κ2) is 12.6. The summed E-state index contributed by atoms with van der Waals surface area (Å²) in [6, 6.07) is 9.94. The Labute approximate surface area is 244 Å². The van der Waals surface area contributed by atoms with Gasteiger partial charge in [-0.3, -0.25) is 9.59 Å². The molecule has 4 N–H and O–H groups in total. The Morgan fingerprint density at radius 3 is 2.46 bits per heavy atom. The van der Waals surface area contributed by atoms with Gasteiger partial charge in [0.05, 0.1) is 34.6 Å². The minimum Gasteiger partial charge on any atom is -0.478 e. The van der Waals surface area contributed by atoms with E-state index in [1.165, 1.54) is 30.2 Å². The molecule has 0 saturated heterocycles. The first-order valence-corrected chi connectivity index (χ1v) is 14.4. The summed E-state index contributed by atoms with van der Waals surface area (Å²) in [4.78, 5) is 63.1. The van der Waals surface area contributed by atoms with Gasteiger partial charge in [-0.1, -0.05) is 13.0 Å². The molecule has 12 heteroatoms. The van der Waals surface area contributed by atoms with E-state index >= 15 is 0 Å². The second-order valence-corrected chi connectivity index (χ2v) is 12.2. The van der Waals surface area contributed by atoms with Crippen molar-refractivity contribution in [2.24, 2.45) is 5.92 Å². The quantitative estimate of drug-likeness (QED) is 0.187. The van der Waals surface area contributed by atoms with Gasteiger partial charge in [-0.2, -0.15) is 0 Å². The van der Waals surface area contributed by atoms with E-state index in [4.69, 9.17) is 9.84 Å². The highest BCUT2D eigenvalue weighted by Gasteiger charge is 2.30. The summed E-state index contributed by atoms with van der Waals surface area (Å²) in [6.45, 7) is 3.88. The molecule has 214 valence electrons. The van der Waals surface area contributed by atoms with Crippen molar-refractivity contribution < 1.29 is 38.9 Å². The molecule has 1 aliphatic carbocycles. The number of fused-ring (bicyclic) bond motifs is 1. The van der Waals surface area contributed by atoms with Crippen molar-refractivity contribution in [3.05, 3.63) is 75.2 Å². The minimum atomic E-state index is -1.43. The van der Waals surface area contributed by atoms with E-state index in [1.54, 1.807) is 31.2 Å². The van der Waals surface area contributed by atoms with Crippen molar-refractivity contribution in [2.75, 3.05) is 17.7 Å². The number of rotatable bonds is 9.